The van der Waals surface area contributed by atoms with Crippen molar-refractivity contribution in [3.05, 3.63) is 22.7 Å². The van der Waals surface area contributed by atoms with Gasteiger partial charge >= 0.3 is 18.5 Å². The van der Waals surface area contributed by atoms with Crippen molar-refractivity contribution in [2.24, 2.45) is 5.92 Å². The van der Waals surface area contributed by atoms with Crippen LogP contribution in [0.3, 0.4) is 0 Å². The molecule has 17 nitrogen and oxygen atoms in total. The van der Waals surface area contributed by atoms with Crippen LogP contribution in [0, 0.1) is 5.92 Å². The summed E-state index contributed by atoms with van der Waals surface area (Å²) >= 11 is -0.216. The molecule has 2 aliphatic rings. The molecule has 19 heteroatoms. The molecule has 38 heavy (non-hydrogen) atoms. The number of aliphatic carboxylic acids is 1. The number of carbonyl (C=O) groups is 1. The molecule has 11 atom stereocenters. The summed E-state index contributed by atoms with van der Waals surface area (Å²) in [7, 11) is 0. The molecular weight excluding hydrogens is 557 g/mol. The Balaban J connectivity index is 1.74. The summed E-state index contributed by atoms with van der Waals surface area (Å²) in [4.78, 5) is 35.5. The molecule has 0 bridgehead atoms. The number of aliphatic hydroxyl groups excluding tert-OH is 6. The molecule has 2 aliphatic heterocycles. The fourth-order valence-corrected chi connectivity index (χ4v) is 7.38. The molecule has 3 rings (SSSR count). The van der Waals surface area contributed by atoms with E-state index in [1.54, 1.807) is 0 Å². The lowest BCUT2D eigenvalue weighted by Crippen LogP contribution is -2.58. The Labute approximate surface area is 218 Å². The van der Waals surface area contributed by atoms with E-state index in [-0.39, 0.29) is 17.2 Å². The number of aromatic nitrogens is 2. The topological polar surface area (TPSA) is 285 Å². The summed E-state index contributed by atoms with van der Waals surface area (Å²) in [5, 5.41) is 70.1. The molecule has 2 saturated heterocycles. The van der Waals surface area contributed by atoms with Gasteiger partial charge in [-0.2, -0.15) is 4.98 Å². The van der Waals surface area contributed by atoms with Crippen LogP contribution in [0.2, 0.25) is 0 Å². The Morgan fingerprint density at radius 1 is 1.37 bits per heavy atom. The van der Waals surface area contributed by atoms with Crippen molar-refractivity contribution in [1.82, 2.24) is 9.55 Å². The summed E-state index contributed by atoms with van der Waals surface area (Å²) in [6, 6.07) is 1.24. The number of aliphatic hydroxyl groups is 6. The summed E-state index contributed by atoms with van der Waals surface area (Å²) in [5.41, 5.74) is 4.52. The van der Waals surface area contributed by atoms with Crippen molar-refractivity contribution < 1.29 is 64.0 Å². The minimum Gasteiger partial charge on any atom is -0.478 e. The van der Waals surface area contributed by atoms with Gasteiger partial charge in [0.1, 0.15) is 36.3 Å². The van der Waals surface area contributed by atoms with E-state index in [0.29, 0.717) is 0 Å². The first-order valence-electron chi connectivity index (χ1n) is 11.2. The van der Waals surface area contributed by atoms with E-state index in [1.165, 1.54) is 13.0 Å². The highest BCUT2D eigenvalue weighted by Crippen LogP contribution is 2.64. The maximum absolute atomic E-state index is 12.9. The molecule has 1 aromatic heterocycles. The van der Waals surface area contributed by atoms with Gasteiger partial charge in [0, 0.05) is 29.9 Å². The smallest absolute Gasteiger partial charge is 0.389 e. The van der Waals surface area contributed by atoms with Gasteiger partial charge in [0.15, 0.2) is 6.23 Å². The quantitative estimate of drug-likeness (QED) is 0.120. The normalized spacial score (nSPS) is 36.9. The molecule has 0 spiro atoms. The second-order valence-electron chi connectivity index (χ2n) is 8.96. The monoisotopic (exact) mass is 587 g/mol. The number of hydrogen-bond acceptors (Lipinski definition) is 15. The molecule has 1 aromatic rings. The first-order chi connectivity index (χ1) is 17.6. The second kappa shape index (κ2) is 11.8. The number of nitrogen functional groups attached to an aromatic ring is 1. The van der Waals surface area contributed by atoms with Crippen molar-refractivity contribution in [3.63, 3.8) is 0 Å². The number of nitrogens with two attached hydrogens (primary N) is 1. The highest BCUT2D eigenvalue weighted by atomic mass is 32.7. The Bertz CT molecular complexity index is 1110. The molecular formula is C19H30N3O14PS. The number of ether oxygens (including phenoxy) is 2. The number of anilines is 1. The lowest BCUT2D eigenvalue weighted by molar-refractivity contribution is -0.212. The average molecular weight is 587 g/mol. The van der Waals surface area contributed by atoms with Crippen molar-refractivity contribution in [1.29, 1.82) is 0 Å². The Hall–Kier alpha value is -1.67. The second-order valence-corrected chi connectivity index (χ2v) is 12.9. The van der Waals surface area contributed by atoms with E-state index < -0.39 is 97.9 Å². The molecule has 0 aliphatic carbocycles. The molecule has 0 saturated carbocycles. The molecule has 10 N–H and O–H groups in total. The van der Waals surface area contributed by atoms with E-state index in [9.17, 15) is 49.7 Å². The predicted molar refractivity (Wildman–Crippen MR) is 126 cm³/mol. The van der Waals surface area contributed by atoms with Crippen LogP contribution in [0.5, 0.6) is 0 Å². The van der Waals surface area contributed by atoms with Crippen molar-refractivity contribution in [2.75, 3.05) is 18.9 Å². The maximum atomic E-state index is 12.9. The van der Waals surface area contributed by atoms with E-state index in [0.717, 1.165) is 10.8 Å². The molecule has 2 fully saturated rings. The number of carboxylic acids is 1. The third-order valence-corrected chi connectivity index (χ3v) is 9.63. The minimum atomic E-state index is -4.98. The Morgan fingerprint density at radius 2 is 2.03 bits per heavy atom. The van der Waals surface area contributed by atoms with Gasteiger partial charge in [0.2, 0.25) is 4.93 Å². The number of nitrogens with zero attached hydrogens (tertiary/aromatic N) is 2. The summed E-state index contributed by atoms with van der Waals surface area (Å²) < 4.78 is 29.5. The molecule has 0 aromatic carbocycles. The number of rotatable bonds is 10. The van der Waals surface area contributed by atoms with Crippen LogP contribution in [0.15, 0.2) is 17.1 Å². The van der Waals surface area contributed by atoms with Crippen LogP contribution in [0.25, 0.3) is 0 Å². The van der Waals surface area contributed by atoms with E-state index in [1.807, 2.05) is 0 Å². The van der Waals surface area contributed by atoms with E-state index in [4.69, 9.17) is 24.8 Å². The Morgan fingerprint density at radius 3 is 2.61 bits per heavy atom. The SMILES string of the molecule is C[C@@H]1C(O)C[C@@](SP(=O)(O)OC[C@H]2O[C@@H](n3ccc(N)nc3=O)C(O)[C@H]2O)(C(=O)O)OC1[C@H](O)[C@H](O)CO. The zero-order valence-electron chi connectivity index (χ0n) is 19.8. The first-order valence-corrected chi connectivity index (χ1v) is 14.2. The standard InChI is InChI=1S/C19H30N3O14PS/c1-7-8(24)4-19(17(29)30,36-15(7)12(26)9(25)5-23)38-37(32,33)34-6-10-13(27)14(28)16(35-10)22-3-2-11(20)21-18(22)31/h2-3,7-10,12-16,23-28H,4-6H2,1H3,(H,29,30)(H,32,33)(H2,20,21,31)/t7-,8?,9-,10-,12-,13+,14?,15?,16-,19-/m1/s1. The van der Waals surface area contributed by atoms with Gasteiger partial charge in [-0.3, -0.25) is 9.09 Å². The molecule has 4 unspecified atom stereocenters. The minimum absolute atomic E-state index is 0.102. The van der Waals surface area contributed by atoms with Crippen molar-refractivity contribution in [2.45, 2.75) is 67.2 Å². The summed E-state index contributed by atoms with van der Waals surface area (Å²) in [6.07, 6.45) is -12.5. The van der Waals surface area contributed by atoms with Gasteiger partial charge < -0.3 is 55.8 Å². The molecule has 216 valence electrons. The lowest BCUT2D eigenvalue weighted by atomic mass is 9.85. The number of hydrogen-bond donors (Lipinski definition) is 9. The zero-order chi connectivity index (χ0) is 28.6. The summed E-state index contributed by atoms with van der Waals surface area (Å²) in [5.74, 6) is -2.84. The third-order valence-electron chi connectivity index (χ3n) is 6.30. The third kappa shape index (κ3) is 6.38. The van der Waals surface area contributed by atoms with Crippen molar-refractivity contribution >= 4 is 30.0 Å². The highest BCUT2D eigenvalue weighted by Gasteiger charge is 2.57. The van der Waals surface area contributed by atoms with Crippen LogP contribution >= 0.6 is 18.2 Å². The first kappa shape index (κ1) is 30.9. The lowest BCUT2D eigenvalue weighted by Gasteiger charge is -2.45. The fraction of sp³-hybridized carbons (Fsp3) is 0.737. The van der Waals surface area contributed by atoms with E-state index in [2.05, 4.69) is 4.98 Å². The van der Waals surface area contributed by atoms with Crippen LogP contribution in [-0.4, -0.2) is 117 Å². The van der Waals surface area contributed by atoms with Gasteiger partial charge in [-0.1, -0.05) is 6.92 Å². The number of carboxylic acid groups (broad SMARTS) is 1. The molecule has 0 amide bonds. The maximum Gasteiger partial charge on any atom is 0.389 e. The summed E-state index contributed by atoms with van der Waals surface area (Å²) in [6.45, 7) is -5.36. The molecule has 3 heterocycles. The van der Waals surface area contributed by atoms with Crippen LogP contribution in [-0.2, 0) is 23.4 Å². The zero-order valence-corrected chi connectivity index (χ0v) is 21.5. The highest BCUT2D eigenvalue weighted by molar-refractivity contribution is 8.55. The molecule has 0 radical (unpaired) electrons. The van der Waals surface area contributed by atoms with Gasteiger partial charge in [0.05, 0.1) is 25.4 Å². The van der Waals surface area contributed by atoms with Gasteiger partial charge in [0.25, 0.3) is 0 Å². The fourth-order valence-electron chi connectivity index (χ4n) is 4.10. The average Bonchev–Trinajstić information content (AvgIpc) is 3.12. The van der Waals surface area contributed by atoms with Crippen molar-refractivity contribution in [3.8, 4) is 0 Å². The van der Waals surface area contributed by atoms with Crippen LogP contribution in [0.4, 0.5) is 5.82 Å². The largest absolute Gasteiger partial charge is 0.478 e. The van der Waals surface area contributed by atoms with Crippen LogP contribution < -0.4 is 11.4 Å². The van der Waals surface area contributed by atoms with Crippen LogP contribution in [0.1, 0.15) is 19.6 Å². The van der Waals surface area contributed by atoms with Gasteiger partial charge in [-0.25, -0.2) is 14.2 Å². The van der Waals surface area contributed by atoms with E-state index >= 15 is 0 Å². The van der Waals surface area contributed by atoms with Gasteiger partial charge in [-0.05, 0) is 6.07 Å². The predicted octanol–water partition coefficient (Wildman–Crippen LogP) is -3.42. The van der Waals surface area contributed by atoms with Gasteiger partial charge in [-0.15, -0.1) is 0 Å². The Kier molecular flexibility index (Phi) is 9.61.